The Bertz CT molecular complexity index is 588. The number of unbranched alkanes of at least 4 members (excludes halogenated alkanes) is 1. The molecule has 1 aromatic rings. The van der Waals surface area contributed by atoms with Crippen molar-refractivity contribution in [2.75, 3.05) is 27.3 Å². The molecular weight excluding hydrogens is 308 g/mol. The summed E-state index contributed by atoms with van der Waals surface area (Å²) in [6.07, 6.45) is 2.33. The van der Waals surface area contributed by atoms with Crippen molar-refractivity contribution in [2.45, 2.75) is 32.7 Å². The number of nitrogens with one attached hydrogen (secondary N) is 1. The summed E-state index contributed by atoms with van der Waals surface area (Å²) in [4.78, 5) is 26.0. The van der Waals surface area contributed by atoms with E-state index in [9.17, 15) is 9.59 Å². The number of carbonyl (C=O) groups is 2. The monoisotopic (exact) mass is 334 g/mol. The molecule has 0 aromatic heterocycles. The Hall–Kier alpha value is -2.24. The van der Waals surface area contributed by atoms with Crippen molar-refractivity contribution >= 4 is 11.8 Å². The highest BCUT2D eigenvalue weighted by molar-refractivity contribution is 5.89. The molecule has 1 unspecified atom stereocenters. The molecule has 1 aliphatic heterocycles. The number of hydrogen-bond acceptors (Lipinski definition) is 4. The van der Waals surface area contributed by atoms with Gasteiger partial charge >= 0.3 is 0 Å². The van der Waals surface area contributed by atoms with E-state index < -0.39 is 0 Å². The second-order valence-electron chi connectivity index (χ2n) is 6.00. The fourth-order valence-corrected chi connectivity index (χ4v) is 2.84. The molecule has 0 bridgehead atoms. The van der Waals surface area contributed by atoms with Gasteiger partial charge < -0.3 is 19.7 Å². The average Bonchev–Trinajstić information content (AvgIpc) is 2.98. The quantitative estimate of drug-likeness (QED) is 0.789. The largest absolute Gasteiger partial charge is 0.493 e. The Morgan fingerprint density at radius 3 is 2.71 bits per heavy atom. The van der Waals surface area contributed by atoms with Gasteiger partial charge in [-0.25, -0.2) is 0 Å². The molecule has 132 valence electrons. The molecule has 1 fully saturated rings. The molecule has 1 aliphatic rings. The summed E-state index contributed by atoms with van der Waals surface area (Å²) < 4.78 is 10.5. The van der Waals surface area contributed by atoms with E-state index in [1.54, 1.807) is 19.1 Å². The zero-order chi connectivity index (χ0) is 17.5. The number of hydrogen-bond donors (Lipinski definition) is 1. The van der Waals surface area contributed by atoms with Crippen LogP contribution in [0.2, 0.25) is 0 Å². The average molecular weight is 334 g/mol. The van der Waals surface area contributed by atoms with Gasteiger partial charge in [0.05, 0.1) is 20.1 Å². The molecule has 0 radical (unpaired) electrons. The number of carbonyl (C=O) groups excluding carboxylic acids is 2. The van der Waals surface area contributed by atoms with Crippen LogP contribution in [0, 0.1) is 5.92 Å². The highest BCUT2D eigenvalue weighted by Gasteiger charge is 2.33. The van der Waals surface area contributed by atoms with Crippen molar-refractivity contribution < 1.29 is 19.1 Å². The van der Waals surface area contributed by atoms with Crippen molar-refractivity contribution in [3.8, 4) is 11.5 Å². The van der Waals surface area contributed by atoms with Crippen LogP contribution < -0.4 is 14.8 Å². The first-order valence-corrected chi connectivity index (χ1v) is 8.35. The van der Waals surface area contributed by atoms with Crippen LogP contribution in [0.15, 0.2) is 18.2 Å². The van der Waals surface area contributed by atoms with Gasteiger partial charge in [-0.2, -0.15) is 0 Å². The van der Waals surface area contributed by atoms with Gasteiger partial charge in [0.25, 0.3) is 0 Å². The maximum atomic E-state index is 12.3. The van der Waals surface area contributed by atoms with E-state index in [4.69, 9.17) is 9.47 Å². The zero-order valence-corrected chi connectivity index (χ0v) is 14.6. The van der Waals surface area contributed by atoms with Crippen LogP contribution in [0.25, 0.3) is 0 Å². The highest BCUT2D eigenvalue weighted by Crippen LogP contribution is 2.27. The summed E-state index contributed by atoms with van der Waals surface area (Å²) in [6.45, 7) is 3.76. The fraction of sp³-hybridized carbons (Fsp3) is 0.556. The Kier molecular flexibility index (Phi) is 6.46. The minimum absolute atomic E-state index is 0.0721. The SMILES string of the molecule is CCCCN1CC(C(=O)NCc2ccc(OC)c(OC)c2)CC1=O. The molecule has 6 nitrogen and oxygen atoms in total. The van der Waals surface area contributed by atoms with Gasteiger partial charge in [-0.05, 0) is 24.1 Å². The molecule has 1 heterocycles. The smallest absolute Gasteiger partial charge is 0.225 e. The maximum absolute atomic E-state index is 12.3. The first kappa shape index (κ1) is 18.1. The van der Waals surface area contributed by atoms with Crippen molar-refractivity contribution in [3.05, 3.63) is 23.8 Å². The molecule has 2 amide bonds. The first-order chi connectivity index (χ1) is 11.6. The Balaban J connectivity index is 1.88. The Labute approximate surface area is 143 Å². The standard InChI is InChI=1S/C18H26N2O4/c1-4-5-8-20-12-14(10-17(20)21)18(22)19-11-13-6-7-15(23-2)16(9-13)24-3/h6-7,9,14H,4-5,8,10-12H2,1-3H3,(H,19,22). The number of benzene rings is 1. The van der Waals surface area contributed by atoms with Crippen LogP contribution >= 0.6 is 0 Å². The van der Waals surface area contributed by atoms with Gasteiger partial charge in [-0.1, -0.05) is 19.4 Å². The van der Waals surface area contributed by atoms with Crippen LogP contribution in [0.1, 0.15) is 31.7 Å². The summed E-state index contributed by atoms with van der Waals surface area (Å²) in [5, 5.41) is 2.91. The zero-order valence-electron chi connectivity index (χ0n) is 14.6. The second kappa shape index (κ2) is 8.57. The maximum Gasteiger partial charge on any atom is 0.225 e. The molecule has 0 aliphatic carbocycles. The van der Waals surface area contributed by atoms with Crippen molar-refractivity contribution in [1.82, 2.24) is 10.2 Å². The van der Waals surface area contributed by atoms with Crippen molar-refractivity contribution in [2.24, 2.45) is 5.92 Å². The van der Waals surface area contributed by atoms with Crippen LogP contribution in [0.4, 0.5) is 0 Å². The van der Waals surface area contributed by atoms with Gasteiger partial charge in [-0.15, -0.1) is 0 Å². The molecule has 2 rings (SSSR count). The lowest BCUT2D eigenvalue weighted by molar-refractivity contribution is -0.129. The fourth-order valence-electron chi connectivity index (χ4n) is 2.84. The van der Waals surface area contributed by atoms with Crippen LogP contribution in [0.3, 0.4) is 0 Å². The lowest BCUT2D eigenvalue weighted by atomic mass is 10.1. The summed E-state index contributed by atoms with van der Waals surface area (Å²) in [5.41, 5.74) is 0.924. The number of methoxy groups -OCH3 is 2. The minimum atomic E-state index is -0.255. The summed E-state index contributed by atoms with van der Waals surface area (Å²) in [7, 11) is 3.16. The number of nitrogens with zero attached hydrogens (tertiary/aromatic N) is 1. The van der Waals surface area contributed by atoms with Gasteiger partial charge in [0, 0.05) is 26.1 Å². The lowest BCUT2D eigenvalue weighted by Gasteiger charge is -2.16. The Morgan fingerprint density at radius 1 is 1.29 bits per heavy atom. The van der Waals surface area contributed by atoms with Crippen LogP contribution in [-0.2, 0) is 16.1 Å². The molecule has 0 saturated carbocycles. The number of ether oxygens (including phenoxy) is 2. The number of likely N-dealkylation sites (tertiary alicyclic amines) is 1. The first-order valence-electron chi connectivity index (χ1n) is 8.35. The van der Waals surface area contributed by atoms with Gasteiger partial charge in [0.15, 0.2) is 11.5 Å². The molecular formula is C18H26N2O4. The molecule has 1 aromatic carbocycles. The normalized spacial score (nSPS) is 17.0. The summed E-state index contributed by atoms with van der Waals surface area (Å²) in [5.74, 6) is 1.04. The third-order valence-corrected chi connectivity index (χ3v) is 4.28. The predicted molar refractivity (Wildman–Crippen MR) is 91.0 cm³/mol. The molecule has 1 saturated heterocycles. The molecule has 24 heavy (non-hydrogen) atoms. The van der Waals surface area contributed by atoms with Gasteiger partial charge in [-0.3, -0.25) is 9.59 Å². The Morgan fingerprint density at radius 2 is 2.04 bits per heavy atom. The number of rotatable bonds is 8. The van der Waals surface area contributed by atoms with Crippen LogP contribution in [-0.4, -0.2) is 44.0 Å². The topological polar surface area (TPSA) is 67.9 Å². The number of amides is 2. The van der Waals surface area contributed by atoms with E-state index in [2.05, 4.69) is 12.2 Å². The molecule has 1 atom stereocenters. The molecule has 0 spiro atoms. The van der Waals surface area contributed by atoms with Crippen LogP contribution in [0.5, 0.6) is 11.5 Å². The van der Waals surface area contributed by atoms with Gasteiger partial charge in [0.1, 0.15) is 0 Å². The molecule has 6 heteroatoms. The van der Waals surface area contributed by atoms with E-state index in [0.717, 1.165) is 24.9 Å². The van der Waals surface area contributed by atoms with Crippen molar-refractivity contribution in [1.29, 1.82) is 0 Å². The van der Waals surface area contributed by atoms with E-state index in [-0.39, 0.29) is 17.7 Å². The van der Waals surface area contributed by atoms with E-state index in [1.165, 1.54) is 0 Å². The summed E-state index contributed by atoms with van der Waals surface area (Å²) >= 11 is 0. The van der Waals surface area contributed by atoms with E-state index in [0.29, 0.717) is 31.0 Å². The lowest BCUT2D eigenvalue weighted by Crippen LogP contribution is -2.32. The third kappa shape index (κ3) is 4.40. The van der Waals surface area contributed by atoms with E-state index >= 15 is 0 Å². The van der Waals surface area contributed by atoms with E-state index in [1.807, 2.05) is 18.2 Å². The second-order valence-corrected chi connectivity index (χ2v) is 6.00. The minimum Gasteiger partial charge on any atom is -0.493 e. The van der Waals surface area contributed by atoms with Crippen molar-refractivity contribution in [3.63, 3.8) is 0 Å². The highest BCUT2D eigenvalue weighted by atomic mass is 16.5. The molecule has 1 N–H and O–H groups in total. The third-order valence-electron chi connectivity index (χ3n) is 4.28. The summed E-state index contributed by atoms with van der Waals surface area (Å²) in [6, 6.07) is 5.54. The van der Waals surface area contributed by atoms with Gasteiger partial charge in [0.2, 0.25) is 11.8 Å². The predicted octanol–water partition coefficient (Wildman–Crippen LogP) is 1.97.